The summed E-state index contributed by atoms with van der Waals surface area (Å²) >= 11 is 0. The number of hydrogen-bond acceptors (Lipinski definition) is 4. The van der Waals surface area contributed by atoms with E-state index in [9.17, 15) is 1.37 Å². The number of furan rings is 1. The first-order valence-electron chi connectivity index (χ1n) is 24.8. The van der Waals surface area contributed by atoms with Gasteiger partial charge in [-0.1, -0.05) is 96.3 Å². The fourth-order valence-corrected chi connectivity index (χ4v) is 7.97. The Bertz CT molecular complexity index is 2660. The van der Waals surface area contributed by atoms with Crippen LogP contribution >= 0.6 is 0 Å². The Morgan fingerprint density at radius 1 is 0.818 bits per heavy atom. The molecule has 4 heterocycles. The average molecular weight is 921 g/mol. The van der Waals surface area contributed by atoms with Crippen molar-refractivity contribution in [2.45, 2.75) is 132 Å². The van der Waals surface area contributed by atoms with E-state index in [-0.39, 0.29) is 42.5 Å². The number of fused-ring (bicyclic) bond motifs is 3. The normalized spacial score (nSPS) is 20.7. The van der Waals surface area contributed by atoms with Crippen molar-refractivity contribution in [1.82, 2.24) is 15.0 Å². The van der Waals surface area contributed by atoms with E-state index < -0.39 is 43.2 Å². The second-order valence-corrected chi connectivity index (χ2v) is 17.2. The van der Waals surface area contributed by atoms with Crippen LogP contribution in [0.5, 0.6) is 0 Å². The Balaban J connectivity index is 0.000000218. The van der Waals surface area contributed by atoms with Gasteiger partial charge in [0.25, 0.3) is 0 Å². The first-order valence-corrected chi connectivity index (χ1v) is 19.3. The van der Waals surface area contributed by atoms with E-state index in [1.807, 2.05) is 24.3 Å². The van der Waals surface area contributed by atoms with Crippen LogP contribution < -0.4 is 0 Å². The van der Waals surface area contributed by atoms with Crippen LogP contribution in [0.15, 0.2) is 77.5 Å². The molecule has 2 fully saturated rings. The second kappa shape index (κ2) is 16.8. The molecule has 55 heavy (non-hydrogen) atoms. The summed E-state index contributed by atoms with van der Waals surface area (Å²) in [5.41, 5.74) is 3.80. The van der Waals surface area contributed by atoms with Gasteiger partial charge < -0.3 is 14.4 Å². The Labute approximate surface area is 359 Å². The molecular formula is C50H59IrN3O-2. The standard InChI is InChI=1S/C28H29N2O.C22H30N.Ir/c1-19-8-9-23-22-6-5-7-24(26(22)31-27(23)30-19)25-18-21(12-17-29-25)20-10-15-28(16-11-20)13-3-2-4-14-28;1-16-8-10-17(11-9-16)20-12-18(13-21(2,3)4)19(15-23-20)14-22(5,6)7;/h5-6,8-9,12,17-18,20H,2-4,10-11,13-16H2,1H3;8-10,12,15H,13-14H2,1-7H3;/q2*-1;/i1D3,20D;1D3,13D2,14D2;. The molecule has 0 amide bonds. The minimum Gasteiger partial charge on any atom is -0.486 e. The van der Waals surface area contributed by atoms with E-state index in [0.29, 0.717) is 39.2 Å². The molecule has 2 aromatic carbocycles. The summed E-state index contributed by atoms with van der Waals surface area (Å²) in [6, 6.07) is 23.3. The smallest absolute Gasteiger partial charge is 0.216 e. The summed E-state index contributed by atoms with van der Waals surface area (Å²) < 4.78 is 95.9. The quantitative estimate of drug-likeness (QED) is 0.162. The second-order valence-electron chi connectivity index (χ2n) is 17.2. The van der Waals surface area contributed by atoms with Gasteiger partial charge in [0, 0.05) is 58.7 Å². The van der Waals surface area contributed by atoms with Crippen molar-refractivity contribution in [3.8, 4) is 22.5 Å². The van der Waals surface area contributed by atoms with Gasteiger partial charge in [-0.25, -0.2) is 4.98 Å². The van der Waals surface area contributed by atoms with Crippen molar-refractivity contribution < 1.29 is 39.6 Å². The number of rotatable bonds is 5. The minimum atomic E-state index is -2.29. The van der Waals surface area contributed by atoms with Gasteiger partial charge in [0.05, 0.1) is 5.58 Å². The predicted molar refractivity (Wildman–Crippen MR) is 225 cm³/mol. The average Bonchev–Trinajstić information content (AvgIpc) is 3.62. The van der Waals surface area contributed by atoms with Gasteiger partial charge in [-0.2, -0.15) is 0 Å². The Hall–Kier alpha value is -3.66. The van der Waals surface area contributed by atoms with Crippen molar-refractivity contribution in [3.63, 3.8) is 0 Å². The molecule has 0 unspecified atom stereocenters. The third kappa shape index (κ3) is 10.0. The largest absolute Gasteiger partial charge is 0.486 e. The molecule has 8 rings (SSSR count). The van der Waals surface area contributed by atoms with Crippen LogP contribution in [0.1, 0.15) is 148 Å². The molecule has 0 saturated heterocycles. The van der Waals surface area contributed by atoms with Crippen LogP contribution in [0.2, 0.25) is 0 Å². The topological polar surface area (TPSA) is 51.8 Å². The van der Waals surface area contributed by atoms with Crippen molar-refractivity contribution in [1.29, 1.82) is 0 Å². The molecule has 4 aromatic heterocycles. The molecule has 0 bridgehead atoms. The molecule has 0 N–H and O–H groups in total. The van der Waals surface area contributed by atoms with Crippen LogP contribution in [0.25, 0.3) is 44.6 Å². The van der Waals surface area contributed by atoms with Crippen molar-refractivity contribution in [2.75, 3.05) is 0 Å². The van der Waals surface area contributed by atoms with Crippen LogP contribution in [0.4, 0.5) is 0 Å². The summed E-state index contributed by atoms with van der Waals surface area (Å²) in [5.74, 6) is -0.599. The molecule has 2 saturated carbocycles. The molecule has 6 aromatic rings. The SMILES string of the molecule is [2H]C([2H])([2H])c1c[c-]c(-c2cc(C([2H])([2H])C(C)(C)C)c(C([2H])([2H])C(C)(C)C)cn2)cc1.[2H]C([2H])([2H])c1ccc2c(n1)oc1c(-c3cc(C4([2H])CCC5(CCCCC5)CC4)ccn3)[c-]ccc12.[Ir]. The summed E-state index contributed by atoms with van der Waals surface area (Å²) in [4.78, 5) is 13.3. The minimum absolute atomic E-state index is 0. The Kier molecular flexibility index (Phi) is 8.78. The molecule has 2 aliphatic rings. The maximum absolute atomic E-state index is 9.33. The van der Waals surface area contributed by atoms with Gasteiger partial charge in [0.2, 0.25) is 5.71 Å². The number of pyridine rings is 3. The van der Waals surface area contributed by atoms with Gasteiger partial charge in [-0.3, -0.25) is 0 Å². The van der Waals surface area contributed by atoms with E-state index in [1.165, 1.54) is 56.5 Å². The molecule has 1 radical (unpaired) electrons. The number of nitrogens with zero attached hydrogens (tertiary/aromatic N) is 3. The summed E-state index contributed by atoms with van der Waals surface area (Å²) in [7, 11) is 0. The van der Waals surface area contributed by atoms with E-state index in [1.54, 1.807) is 65.9 Å². The predicted octanol–water partition coefficient (Wildman–Crippen LogP) is 13.8. The first kappa shape index (κ1) is 28.7. The molecule has 5 heteroatoms. The summed E-state index contributed by atoms with van der Waals surface area (Å²) in [6.07, 6.45) is 10.3. The Morgan fingerprint density at radius 3 is 2.27 bits per heavy atom. The van der Waals surface area contributed by atoms with E-state index in [4.69, 9.17) is 18.1 Å². The van der Waals surface area contributed by atoms with Crippen molar-refractivity contribution in [2.24, 2.45) is 16.2 Å². The maximum atomic E-state index is 9.33. The third-order valence-corrected chi connectivity index (χ3v) is 10.6. The van der Waals surface area contributed by atoms with Crippen LogP contribution in [-0.2, 0) is 32.9 Å². The zero-order valence-electron chi connectivity index (χ0n) is 43.9. The molecular weight excluding hydrogens is 851 g/mol. The van der Waals surface area contributed by atoms with Gasteiger partial charge in [-0.05, 0) is 121 Å². The maximum Gasteiger partial charge on any atom is 0.216 e. The van der Waals surface area contributed by atoms with Crippen molar-refractivity contribution >= 4 is 22.1 Å². The van der Waals surface area contributed by atoms with Crippen molar-refractivity contribution in [3.05, 3.63) is 113 Å². The fourth-order valence-electron chi connectivity index (χ4n) is 7.97. The summed E-state index contributed by atoms with van der Waals surface area (Å²) in [5, 5.41) is 1.62. The molecule has 0 atom stereocenters. The third-order valence-electron chi connectivity index (χ3n) is 10.6. The van der Waals surface area contributed by atoms with Gasteiger partial charge in [-0.15, -0.1) is 53.6 Å². The van der Waals surface area contributed by atoms with E-state index in [2.05, 4.69) is 27.1 Å². The monoisotopic (exact) mass is 921 g/mol. The van der Waals surface area contributed by atoms with Crippen LogP contribution in [-0.4, -0.2) is 15.0 Å². The number of aryl methyl sites for hydroxylation is 2. The zero-order chi connectivity index (χ0) is 47.6. The fraction of sp³-hybridized carbons (Fsp3) is 0.460. The first-order chi connectivity index (χ1) is 30.1. The molecule has 0 aliphatic heterocycles. The number of benzene rings is 2. The van der Waals surface area contributed by atoms with Gasteiger partial charge in [0.15, 0.2) is 0 Å². The van der Waals surface area contributed by atoms with Gasteiger partial charge >= 0.3 is 0 Å². The van der Waals surface area contributed by atoms with E-state index >= 15 is 0 Å². The van der Waals surface area contributed by atoms with Crippen LogP contribution in [0.3, 0.4) is 0 Å². The molecule has 4 nitrogen and oxygen atoms in total. The van der Waals surface area contributed by atoms with E-state index in [0.717, 1.165) is 42.0 Å². The molecule has 1 spiro atoms. The number of hydrogen-bond donors (Lipinski definition) is 0. The Morgan fingerprint density at radius 2 is 1.58 bits per heavy atom. The van der Waals surface area contributed by atoms with Gasteiger partial charge in [0.1, 0.15) is 0 Å². The summed E-state index contributed by atoms with van der Waals surface area (Å²) in [6.45, 7) is 6.14. The van der Waals surface area contributed by atoms with Crippen LogP contribution in [0, 0.1) is 42.1 Å². The number of aromatic nitrogens is 3. The zero-order valence-corrected chi connectivity index (χ0v) is 35.3. The molecule has 2 aliphatic carbocycles. The molecule has 291 valence electrons.